The minimum absolute atomic E-state index is 0.0447. The summed E-state index contributed by atoms with van der Waals surface area (Å²) < 4.78 is 29.0. The van der Waals surface area contributed by atoms with Crippen LogP contribution < -0.4 is 10.1 Å². The zero-order valence-corrected chi connectivity index (χ0v) is 21.5. The summed E-state index contributed by atoms with van der Waals surface area (Å²) in [5.74, 6) is 0.794. The smallest absolute Gasteiger partial charge is 0.407 e. The molecule has 0 aromatic heterocycles. The molecule has 8 heteroatoms. The van der Waals surface area contributed by atoms with Crippen molar-refractivity contribution in [3.05, 3.63) is 48.0 Å². The summed E-state index contributed by atoms with van der Waals surface area (Å²) in [6, 6.07) is 13.2. The normalized spacial score (nSPS) is 19.0. The van der Waals surface area contributed by atoms with E-state index in [0.29, 0.717) is 17.5 Å². The van der Waals surface area contributed by atoms with E-state index >= 15 is 0 Å². The number of methoxy groups -OCH3 is 1. The molecule has 1 fully saturated rings. The number of sulfone groups is 1. The lowest BCUT2D eigenvalue weighted by Crippen LogP contribution is -2.53. The Morgan fingerprint density at radius 1 is 1.06 bits per heavy atom. The predicted molar refractivity (Wildman–Crippen MR) is 134 cm³/mol. The van der Waals surface area contributed by atoms with E-state index in [1.165, 1.54) is 6.26 Å². The number of carbonyl (C=O) groups is 1. The highest BCUT2D eigenvalue weighted by molar-refractivity contribution is 7.90. The summed E-state index contributed by atoms with van der Waals surface area (Å²) in [4.78, 5) is 13.7. The standard InChI is InChI=1S/C26H36N2O5S/c1-26(2,3)28(25(29)30)22-11-9-21(10-12-22)27-17-20-16-19(8-15-24(20)33-4)18-6-13-23(14-7-18)34(5,31)32/h6-8,13-16,21-22,27H,9-12,17H2,1-5H3,(H,29,30). The molecule has 7 nitrogen and oxygen atoms in total. The zero-order valence-electron chi connectivity index (χ0n) is 20.7. The Bertz CT molecular complexity index is 1100. The molecule has 2 N–H and O–H groups in total. The summed E-state index contributed by atoms with van der Waals surface area (Å²) in [5.41, 5.74) is 2.54. The van der Waals surface area contributed by atoms with Gasteiger partial charge >= 0.3 is 6.09 Å². The van der Waals surface area contributed by atoms with Crippen LogP contribution in [-0.2, 0) is 16.4 Å². The predicted octanol–water partition coefficient (Wildman–Crippen LogP) is 4.95. The second-order valence-electron chi connectivity index (χ2n) is 10.0. The molecule has 3 rings (SSSR count). The first kappa shape index (κ1) is 26.0. The molecule has 0 aliphatic heterocycles. The van der Waals surface area contributed by atoms with Crippen LogP contribution in [0.25, 0.3) is 11.1 Å². The highest BCUT2D eigenvalue weighted by Crippen LogP contribution is 2.30. The van der Waals surface area contributed by atoms with Crippen molar-refractivity contribution in [2.75, 3.05) is 13.4 Å². The van der Waals surface area contributed by atoms with Gasteiger partial charge in [0.2, 0.25) is 0 Å². The summed E-state index contributed by atoms with van der Waals surface area (Å²) in [6.45, 7) is 6.47. The maximum Gasteiger partial charge on any atom is 0.407 e. The maximum absolute atomic E-state index is 11.8. The van der Waals surface area contributed by atoms with E-state index in [1.807, 2.05) is 45.0 Å². The Labute approximate surface area is 203 Å². The molecule has 2 aromatic carbocycles. The molecular formula is C26H36N2O5S. The van der Waals surface area contributed by atoms with Crippen molar-refractivity contribution in [2.45, 2.75) is 75.5 Å². The fraction of sp³-hybridized carbons (Fsp3) is 0.500. The second kappa shape index (κ2) is 10.4. The van der Waals surface area contributed by atoms with Crippen LogP contribution in [0.3, 0.4) is 0 Å². The average Bonchev–Trinajstić information content (AvgIpc) is 2.76. The van der Waals surface area contributed by atoms with Gasteiger partial charge in [-0.15, -0.1) is 0 Å². The third-order valence-electron chi connectivity index (χ3n) is 6.47. The number of benzene rings is 2. The Balaban J connectivity index is 1.67. The Morgan fingerprint density at radius 2 is 1.65 bits per heavy atom. The van der Waals surface area contributed by atoms with Gasteiger partial charge in [-0.1, -0.05) is 18.2 Å². The van der Waals surface area contributed by atoms with Crippen LogP contribution in [0, 0.1) is 0 Å². The van der Waals surface area contributed by atoms with Crippen LogP contribution in [0.2, 0.25) is 0 Å². The topological polar surface area (TPSA) is 95.9 Å². The fourth-order valence-corrected chi connectivity index (χ4v) is 5.40. The molecule has 0 radical (unpaired) electrons. The minimum Gasteiger partial charge on any atom is -0.496 e. The van der Waals surface area contributed by atoms with Crippen molar-refractivity contribution in [2.24, 2.45) is 0 Å². The SMILES string of the molecule is COc1ccc(-c2ccc(S(C)(=O)=O)cc2)cc1CNC1CCC(N(C(=O)O)C(C)(C)C)CC1. The number of hydrogen-bond acceptors (Lipinski definition) is 5. The number of nitrogens with zero attached hydrogens (tertiary/aromatic N) is 1. The summed E-state index contributed by atoms with van der Waals surface area (Å²) in [5, 5.41) is 13.3. The average molecular weight is 489 g/mol. The van der Waals surface area contributed by atoms with Crippen LogP contribution in [-0.4, -0.2) is 55.5 Å². The number of nitrogens with one attached hydrogen (secondary N) is 1. The van der Waals surface area contributed by atoms with Crippen LogP contribution >= 0.6 is 0 Å². The van der Waals surface area contributed by atoms with Gasteiger partial charge in [-0.05, 0) is 81.8 Å². The maximum atomic E-state index is 11.8. The summed E-state index contributed by atoms with van der Waals surface area (Å²) in [6.07, 6.45) is 3.86. The van der Waals surface area contributed by atoms with Gasteiger partial charge in [0, 0.05) is 36.0 Å². The van der Waals surface area contributed by atoms with Crippen molar-refractivity contribution in [3.63, 3.8) is 0 Å². The number of ether oxygens (including phenoxy) is 1. The van der Waals surface area contributed by atoms with Crippen molar-refractivity contribution in [1.82, 2.24) is 10.2 Å². The van der Waals surface area contributed by atoms with Gasteiger partial charge in [0.05, 0.1) is 12.0 Å². The van der Waals surface area contributed by atoms with E-state index < -0.39 is 21.5 Å². The highest BCUT2D eigenvalue weighted by Gasteiger charge is 2.35. The van der Waals surface area contributed by atoms with Gasteiger partial charge < -0.3 is 20.1 Å². The van der Waals surface area contributed by atoms with Gasteiger partial charge in [-0.25, -0.2) is 13.2 Å². The Morgan fingerprint density at radius 3 is 2.15 bits per heavy atom. The summed E-state index contributed by atoms with van der Waals surface area (Å²) >= 11 is 0. The lowest BCUT2D eigenvalue weighted by molar-refractivity contribution is 0.0530. The lowest BCUT2D eigenvalue weighted by atomic mass is 9.88. The van der Waals surface area contributed by atoms with E-state index in [4.69, 9.17) is 4.74 Å². The molecule has 2 aromatic rings. The van der Waals surface area contributed by atoms with Crippen LogP contribution in [0.4, 0.5) is 4.79 Å². The van der Waals surface area contributed by atoms with Gasteiger partial charge in [0.15, 0.2) is 9.84 Å². The van der Waals surface area contributed by atoms with Crippen molar-refractivity contribution < 1.29 is 23.1 Å². The molecular weight excluding hydrogens is 452 g/mol. The molecule has 0 heterocycles. The number of amides is 1. The van der Waals surface area contributed by atoms with E-state index in [1.54, 1.807) is 24.1 Å². The van der Waals surface area contributed by atoms with Crippen LogP contribution in [0.5, 0.6) is 5.75 Å². The van der Waals surface area contributed by atoms with Crippen LogP contribution in [0.1, 0.15) is 52.0 Å². The van der Waals surface area contributed by atoms with E-state index in [2.05, 4.69) is 11.4 Å². The van der Waals surface area contributed by atoms with E-state index in [-0.39, 0.29) is 6.04 Å². The molecule has 0 spiro atoms. The lowest BCUT2D eigenvalue weighted by Gasteiger charge is -2.42. The first-order chi connectivity index (χ1) is 15.9. The summed E-state index contributed by atoms with van der Waals surface area (Å²) in [7, 11) is -1.58. The number of carboxylic acid groups (broad SMARTS) is 1. The molecule has 1 amide bonds. The van der Waals surface area contributed by atoms with Gasteiger partial charge in [-0.3, -0.25) is 0 Å². The molecule has 1 aliphatic rings. The largest absolute Gasteiger partial charge is 0.496 e. The third kappa shape index (κ3) is 6.30. The zero-order chi connectivity index (χ0) is 25.1. The molecule has 0 unspecified atom stereocenters. The monoisotopic (exact) mass is 488 g/mol. The van der Waals surface area contributed by atoms with Gasteiger partial charge in [0.1, 0.15) is 5.75 Å². The highest BCUT2D eigenvalue weighted by atomic mass is 32.2. The van der Waals surface area contributed by atoms with Gasteiger partial charge in [0.25, 0.3) is 0 Å². The second-order valence-corrected chi connectivity index (χ2v) is 12.0. The van der Waals surface area contributed by atoms with Crippen molar-refractivity contribution >= 4 is 15.9 Å². The van der Waals surface area contributed by atoms with Gasteiger partial charge in [-0.2, -0.15) is 0 Å². The Hall–Kier alpha value is -2.58. The molecule has 0 bridgehead atoms. The molecule has 0 saturated heterocycles. The molecule has 0 atom stereocenters. The first-order valence-electron chi connectivity index (χ1n) is 11.6. The first-order valence-corrected chi connectivity index (χ1v) is 13.5. The van der Waals surface area contributed by atoms with E-state index in [0.717, 1.165) is 48.1 Å². The quantitative estimate of drug-likeness (QED) is 0.573. The fourth-order valence-electron chi connectivity index (χ4n) is 4.77. The van der Waals surface area contributed by atoms with Crippen molar-refractivity contribution in [1.29, 1.82) is 0 Å². The van der Waals surface area contributed by atoms with E-state index in [9.17, 15) is 18.3 Å². The number of hydrogen-bond donors (Lipinski definition) is 2. The van der Waals surface area contributed by atoms with Crippen LogP contribution in [0.15, 0.2) is 47.4 Å². The number of rotatable bonds is 7. The molecule has 34 heavy (non-hydrogen) atoms. The Kier molecular flexibility index (Phi) is 7.93. The minimum atomic E-state index is -3.23. The van der Waals surface area contributed by atoms with Crippen molar-refractivity contribution in [3.8, 4) is 16.9 Å². The third-order valence-corrected chi connectivity index (χ3v) is 7.60. The molecule has 1 saturated carbocycles. The molecule has 1 aliphatic carbocycles. The molecule has 186 valence electrons.